The first-order chi connectivity index (χ1) is 10.6. The standard InChI is InChI=1S/C15H11ClN4O2/c16-9-6-7-11-12(8-9)19-13(18-11)14(21)20-15(22)17-10-4-2-1-3-5-10/h1-8H,(H,18,19)(H2,17,20,21,22). The summed E-state index contributed by atoms with van der Waals surface area (Å²) >= 11 is 5.87. The molecule has 0 unspecified atom stereocenters. The normalized spacial score (nSPS) is 10.4. The van der Waals surface area contributed by atoms with Crippen molar-refractivity contribution >= 4 is 40.3 Å². The van der Waals surface area contributed by atoms with E-state index in [4.69, 9.17) is 11.6 Å². The SMILES string of the molecule is O=C(NC(=O)c1nc2ccc(Cl)cc2[nH]1)Nc1ccccc1. The molecule has 0 aliphatic carbocycles. The molecule has 0 bridgehead atoms. The number of aromatic nitrogens is 2. The number of nitrogens with zero attached hydrogens (tertiary/aromatic N) is 1. The van der Waals surface area contributed by atoms with Gasteiger partial charge in [0.1, 0.15) is 0 Å². The molecule has 0 spiro atoms. The third-order valence-corrected chi connectivity index (χ3v) is 3.15. The van der Waals surface area contributed by atoms with Crippen LogP contribution in [0.2, 0.25) is 5.02 Å². The van der Waals surface area contributed by atoms with Crippen LogP contribution in [0.1, 0.15) is 10.6 Å². The van der Waals surface area contributed by atoms with Crippen LogP contribution in [0, 0.1) is 0 Å². The van der Waals surface area contributed by atoms with Crippen molar-refractivity contribution in [2.75, 3.05) is 5.32 Å². The number of fused-ring (bicyclic) bond motifs is 1. The van der Waals surface area contributed by atoms with Gasteiger partial charge < -0.3 is 10.3 Å². The van der Waals surface area contributed by atoms with Crippen LogP contribution in [0.25, 0.3) is 11.0 Å². The number of carbonyl (C=O) groups excluding carboxylic acids is 2. The van der Waals surface area contributed by atoms with Crippen molar-refractivity contribution in [2.45, 2.75) is 0 Å². The number of anilines is 1. The Bertz CT molecular complexity index is 845. The average molecular weight is 315 g/mol. The number of para-hydroxylation sites is 1. The summed E-state index contributed by atoms with van der Waals surface area (Å²) in [6.45, 7) is 0. The van der Waals surface area contributed by atoms with E-state index in [1.807, 2.05) is 6.07 Å². The van der Waals surface area contributed by atoms with E-state index in [1.165, 1.54) is 0 Å². The minimum Gasteiger partial charge on any atom is -0.334 e. The average Bonchev–Trinajstić information content (AvgIpc) is 2.91. The number of urea groups is 1. The molecule has 0 fully saturated rings. The molecule has 1 aromatic heterocycles. The summed E-state index contributed by atoms with van der Waals surface area (Å²) in [5.74, 6) is -0.582. The van der Waals surface area contributed by atoms with Crippen LogP contribution in [0.3, 0.4) is 0 Å². The number of H-pyrrole nitrogens is 1. The molecule has 1 heterocycles. The second kappa shape index (κ2) is 5.87. The van der Waals surface area contributed by atoms with Gasteiger partial charge in [0.25, 0.3) is 5.91 Å². The molecule has 7 heteroatoms. The van der Waals surface area contributed by atoms with Gasteiger partial charge in [0, 0.05) is 10.7 Å². The van der Waals surface area contributed by atoms with Crippen molar-refractivity contribution in [3.05, 3.63) is 59.4 Å². The zero-order chi connectivity index (χ0) is 15.5. The predicted octanol–water partition coefficient (Wildman–Crippen LogP) is 3.18. The second-order valence-electron chi connectivity index (χ2n) is 4.52. The molecule has 6 nitrogen and oxygen atoms in total. The Morgan fingerprint density at radius 3 is 2.64 bits per heavy atom. The fourth-order valence-corrected chi connectivity index (χ4v) is 2.11. The van der Waals surface area contributed by atoms with Crippen LogP contribution in [0.4, 0.5) is 10.5 Å². The molecule has 22 heavy (non-hydrogen) atoms. The lowest BCUT2D eigenvalue weighted by Gasteiger charge is -2.04. The molecule has 0 saturated carbocycles. The van der Waals surface area contributed by atoms with Gasteiger partial charge in [-0.2, -0.15) is 0 Å². The minimum absolute atomic E-state index is 0.0421. The number of hydrogen-bond acceptors (Lipinski definition) is 3. The molecule has 0 aliphatic heterocycles. The molecule has 0 radical (unpaired) electrons. The third-order valence-electron chi connectivity index (χ3n) is 2.92. The lowest BCUT2D eigenvalue weighted by Crippen LogP contribution is -2.34. The number of carbonyl (C=O) groups is 2. The van der Waals surface area contributed by atoms with Gasteiger partial charge in [0.05, 0.1) is 11.0 Å². The van der Waals surface area contributed by atoms with Crippen molar-refractivity contribution < 1.29 is 9.59 Å². The van der Waals surface area contributed by atoms with Gasteiger partial charge >= 0.3 is 6.03 Å². The Hall–Kier alpha value is -2.86. The van der Waals surface area contributed by atoms with Gasteiger partial charge in [0.2, 0.25) is 0 Å². The topological polar surface area (TPSA) is 86.9 Å². The smallest absolute Gasteiger partial charge is 0.326 e. The number of halogens is 1. The van der Waals surface area contributed by atoms with Crippen molar-refractivity contribution in [1.82, 2.24) is 15.3 Å². The largest absolute Gasteiger partial charge is 0.334 e. The summed E-state index contributed by atoms with van der Waals surface area (Å²) in [6, 6.07) is 13.2. The maximum atomic E-state index is 12.0. The quantitative estimate of drug-likeness (QED) is 0.679. The Labute approximate surface area is 130 Å². The highest BCUT2D eigenvalue weighted by Gasteiger charge is 2.14. The van der Waals surface area contributed by atoms with Gasteiger partial charge in [-0.3, -0.25) is 10.1 Å². The van der Waals surface area contributed by atoms with E-state index in [9.17, 15) is 9.59 Å². The van der Waals surface area contributed by atoms with E-state index in [1.54, 1.807) is 42.5 Å². The Kier molecular flexibility index (Phi) is 3.76. The van der Waals surface area contributed by atoms with Crippen molar-refractivity contribution in [1.29, 1.82) is 0 Å². The van der Waals surface area contributed by atoms with Crippen LogP contribution in [-0.2, 0) is 0 Å². The zero-order valence-corrected chi connectivity index (χ0v) is 12.0. The molecule has 0 saturated heterocycles. The van der Waals surface area contributed by atoms with Gasteiger partial charge in [-0.15, -0.1) is 0 Å². The summed E-state index contributed by atoms with van der Waals surface area (Å²) in [5.41, 5.74) is 1.81. The van der Waals surface area contributed by atoms with Gasteiger partial charge in [-0.25, -0.2) is 9.78 Å². The molecule has 0 atom stereocenters. The number of imide groups is 1. The van der Waals surface area contributed by atoms with Gasteiger partial charge in [-0.1, -0.05) is 29.8 Å². The van der Waals surface area contributed by atoms with Gasteiger partial charge in [-0.05, 0) is 30.3 Å². The summed E-state index contributed by atoms with van der Waals surface area (Å²) in [7, 11) is 0. The van der Waals surface area contributed by atoms with E-state index in [-0.39, 0.29) is 5.82 Å². The summed E-state index contributed by atoms with van der Waals surface area (Å²) in [4.78, 5) is 30.7. The van der Waals surface area contributed by atoms with E-state index in [2.05, 4.69) is 20.6 Å². The van der Waals surface area contributed by atoms with Crippen LogP contribution in [-0.4, -0.2) is 21.9 Å². The molecule has 3 rings (SSSR count). The van der Waals surface area contributed by atoms with Gasteiger partial charge in [0.15, 0.2) is 5.82 Å². The first-order valence-corrected chi connectivity index (χ1v) is 6.82. The van der Waals surface area contributed by atoms with E-state index < -0.39 is 11.9 Å². The second-order valence-corrected chi connectivity index (χ2v) is 4.96. The Balaban J connectivity index is 1.71. The molecule has 3 amide bonds. The number of hydrogen-bond donors (Lipinski definition) is 3. The molecular formula is C15H11ClN4O2. The molecule has 110 valence electrons. The maximum absolute atomic E-state index is 12.0. The van der Waals surface area contributed by atoms with E-state index >= 15 is 0 Å². The number of aromatic amines is 1. The Morgan fingerprint density at radius 2 is 1.86 bits per heavy atom. The fourth-order valence-electron chi connectivity index (χ4n) is 1.94. The fraction of sp³-hybridized carbons (Fsp3) is 0. The summed E-state index contributed by atoms with van der Waals surface area (Å²) in [6.07, 6.45) is 0. The summed E-state index contributed by atoms with van der Waals surface area (Å²) < 4.78 is 0. The van der Waals surface area contributed by atoms with Crippen molar-refractivity contribution in [2.24, 2.45) is 0 Å². The first kappa shape index (κ1) is 14.1. The minimum atomic E-state index is -0.630. The lowest BCUT2D eigenvalue weighted by atomic mass is 10.3. The predicted molar refractivity (Wildman–Crippen MR) is 84.0 cm³/mol. The van der Waals surface area contributed by atoms with Crippen LogP contribution in [0.15, 0.2) is 48.5 Å². The number of nitrogens with one attached hydrogen (secondary N) is 3. The number of benzene rings is 2. The van der Waals surface area contributed by atoms with Crippen molar-refractivity contribution in [3.8, 4) is 0 Å². The monoisotopic (exact) mass is 314 g/mol. The van der Waals surface area contributed by atoms with Crippen LogP contribution >= 0.6 is 11.6 Å². The summed E-state index contributed by atoms with van der Waals surface area (Å²) in [5, 5.41) is 5.29. The Morgan fingerprint density at radius 1 is 1.09 bits per heavy atom. The van der Waals surface area contributed by atoms with Crippen LogP contribution < -0.4 is 10.6 Å². The number of amides is 3. The molecule has 0 aliphatic rings. The highest BCUT2D eigenvalue weighted by molar-refractivity contribution is 6.31. The molecule has 3 N–H and O–H groups in total. The highest BCUT2D eigenvalue weighted by Crippen LogP contribution is 2.17. The first-order valence-electron chi connectivity index (χ1n) is 6.44. The number of imidazole rings is 1. The van der Waals surface area contributed by atoms with E-state index in [0.29, 0.717) is 21.7 Å². The highest BCUT2D eigenvalue weighted by atomic mass is 35.5. The number of rotatable bonds is 2. The molecular weight excluding hydrogens is 304 g/mol. The lowest BCUT2D eigenvalue weighted by molar-refractivity contribution is 0.0958. The molecule has 3 aromatic rings. The molecule has 2 aromatic carbocycles. The van der Waals surface area contributed by atoms with Crippen molar-refractivity contribution in [3.63, 3.8) is 0 Å². The zero-order valence-electron chi connectivity index (χ0n) is 11.3. The van der Waals surface area contributed by atoms with Crippen LogP contribution in [0.5, 0.6) is 0 Å². The maximum Gasteiger partial charge on any atom is 0.326 e. The van der Waals surface area contributed by atoms with E-state index in [0.717, 1.165) is 0 Å². The third kappa shape index (κ3) is 3.07.